The molecule has 0 N–H and O–H groups in total. The summed E-state index contributed by atoms with van der Waals surface area (Å²) in [6.45, 7) is 12.3. The Morgan fingerprint density at radius 2 is 1.50 bits per heavy atom. The van der Waals surface area contributed by atoms with Gasteiger partial charge in [-0.15, -0.1) is 0 Å². The van der Waals surface area contributed by atoms with Crippen LogP contribution in [0.5, 0.6) is 0 Å². The Morgan fingerprint density at radius 3 is 2.14 bits per heavy atom. The van der Waals surface area contributed by atoms with Crippen LogP contribution in [0.4, 0.5) is 11.6 Å². The monoisotopic (exact) mass is 387 g/mol. The van der Waals surface area contributed by atoms with Gasteiger partial charge in [-0.3, -0.25) is 4.90 Å². The molecule has 0 saturated carbocycles. The number of hydrogen-bond donors (Lipinski definition) is 0. The van der Waals surface area contributed by atoms with Crippen LogP contribution in [0.1, 0.15) is 52.4 Å². The van der Waals surface area contributed by atoms with E-state index in [1.54, 1.807) is 6.33 Å². The van der Waals surface area contributed by atoms with E-state index in [9.17, 15) is 0 Å². The first-order valence-electron chi connectivity index (χ1n) is 11.4. The van der Waals surface area contributed by atoms with Crippen LogP contribution in [-0.2, 0) is 4.74 Å². The zero-order chi connectivity index (χ0) is 19.3. The molecule has 0 radical (unpaired) electrons. The van der Waals surface area contributed by atoms with E-state index in [-0.39, 0.29) is 0 Å². The molecular formula is C22H37N5O. The molecule has 6 nitrogen and oxygen atoms in total. The first kappa shape index (κ1) is 19.9. The fourth-order valence-corrected chi connectivity index (χ4v) is 5.09. The minimum Gasteiger partial charge on any atom is -0.373 e. The van der Waals surface area contributed by atoms with Crippen molar-refractivity contribution in [1.29, 1.82) is 0 Å². The summed E-state index contributed by atoms with van der Waals surface area (Å²) in [7, 11) is 0. The molecule has 0 bridgehead atoms. The minimum atomic E-state index is 0.373. The smallest absolute Gasteiger partial charge is 0.134 e. The van der Waals surface area contributed by atoms with Crippen LogP contribution in [0.15, 0.2) is 12.4 Å². The zero-order valence-electron chi connectivity index (χ0n) is 17.7. The van der Waals surface area contributed by atoms with E-state index in [0.717, 1.165) is 56.8 Å². The number of anilines is 2. The topological polar surface area (TPSA) is 44.7 Å². The fraction of sp³-hybridized carbons (Fsp3) is 0.818. The number of hydrogen-bond acceptors (Lipinski definition) is 6. The van der Waals surface area contributed by atoms with Gasteiger partial charge in [0.2, 0.25) is 0 Å². The predicted octanol–water partition coefficient (Wildman–Crippen LogP) is 3.18. The van der Waals surface area contributed by atoms with Gasteiger partial charge in [-0.05, 0) is 64.8 Å². The van der Waals surface area contributed by atoms with Crippen molar-refractivity contribution in [2.24, 2.45) is 5.92 Å². The summed E-state index contributed by atoms with van der Waals surface area (Å²) in [6, 6.07) is 2.21. The fourth-order valence-electron chi connectivity index (χ4n) is 5.09. The molecule has 0 spiro atoms. The van der Waals surface area contributed by atoms with Gasteiger partial charge in [0.25, 0.3) is 0 Å². The number of morpholine rings is 1. The minimum absolute atomic E-state index is 0.373. The maximum atomic E-state index is 5.86. The van der Waals surface area contributed by atoms with Crippen LogP contribution in [0.25, 0.3) is 0 Å². The van der Waals surface area contributed by atoms with Gasteiger partial charge in [0.1, 0.15) is 18.0 Å². The Morgan fingerprint density at radius 1 is 0.893 bits per heavy atom. The van der Waals surface area contributed by atoms with E-state index in [0.29, 0.717) is 12.2 Å². The third kappa shape index (κ3) is 5.15. The summed E-state index contributed by atoms with van der Waals surface area (Å²) >= 11 is 0. The van der Waals surface area contributed by atoms with Crippen LogP contribution in [0.2, 0.25) is 0 Å². The number of aromatic nitrogens is 2. The van der Waals surface area contributed by atoms with Crippen molar-refractivity contribution in [3.05, 3.63) is 12.4 Å². The van der Waals surface area contributed by atoms with Gasteiger partial charge in [-0.25, -0.2) is 9.97 Å². The van der Waals surface area contributed by atoms with Crippen molar-refractivity contribution in [1.82, 2.24) is 14.9 Å². The number of ether oxygens (including phenoxy) is 1. The van der Waals surface area contributed by atoms with Crippen LogP contribution in [0, 0.1) is 5.92 Å². The normalized spacial score (nSPS) is 27.9. The second-order valence-electron chi connectivity index (χ2n) is 9.02. The molecule has 3 fully saturated rings. The van der Waals surface area contributed by atoms with E-state index in [4.69, 9.17) is 4.74 Å². The van der Waals surface area contributed by atoms with Crippen molar-refractivity contribution in [2.45, 2.75) is 64.6 Å². The molecule has 3 aliphatic heterocycles. The Labute approximate surface area is 170 Å². The summed E-state index contributed by atoms with van der Waals surface area (Å²) in [4.78, 5) is 16.6. The quantitative estimate of drug-likeness (QED) is 0.773. The van der Waals surface area contributed by atoms with Crippen LogP contribution in [0.3, 0.4) is 0 Å². The Hall–Kier alpha value is -1.40. The van der Waals surface area contributed by atoms with Gasteiger partial charge in [0, 0.05) is 45.3 Å². The molecule has 2 unspecified atom stereocenters. The molecule has 4 rings (SSSR count). The Kier molecular flexibility index (Phi) is 6.68. The summed E-state index contributed by atoms with van der Waals surface area (Å²) < 4.78 is 5.86. The third-order valence-corrected chi connectivity index (χ3v) is 6.61. The Balaban J connectivity index is 1.25. The predicted molar refractivity (Wildman–Crippen MR) is 114 cm³/mol. The van der Waals surface area contributed by atoms with E-state index in [2.05, 4.69) is 44.6 Å². The van der Waals surface area contributed by atoms with Crippen molar-refractivity contribution in [3.8, 4) is 0 Å². The van der Waals surface area contributed by atoms with Crippen LogP contribution < -0.4 is 9.80 Å². The number of piperidine rings is 2. The molecule has 2 atom stereocenters. The lowest BCUT2D eigenvalue weighted by Gasteiger charge is -2.37. The van der Waals surface area contributed by atoms with Crippen molar-refractivity contribution in [3.63, 3.8) is 0 Å². The van der Waals surface area contributed by atoms with E-state index < -0.39 is 0 Å². The second kappa shape index (κ2) is 9.40. The van der Waals surface area contributed by atoms with Gasteiger partial charge < -0.3 is 14.5 Å². The first-order valence-corrected chi connectivity index (χ1v) is 11.4. The highest BCUT2D eigenvalue weighted by molar-refractivity contribution is 5.50. The lowest BCUT2D eigenvalue weighted by molar-refractivity contribution is -0.0690. The molecule has 1 aromatic rings. The highest BCUT2D eigenvalue weighted by Crippen LogP contribution is 2.27. The molecule has 28 heavy (non-hydrogen) atoms. The highest BCUT2D eigenvalue weighted by Gasteiger charge is 2.25. The third-order valence-electron chi connectivity index (χ3n) is 6.61. The SMILES string of the molecule is CC1CN(CCC2CCN(c3cc(N4CCCCC4)ncn3)CC2)CC(C)O1. The maximum Gasteiger partial charge on any atom is 0.134 e. The molecule has 156 valence electrons. The molecular weight excluding hydrogens is 350 g/mol. The van der Waals surface area contributed by atoms with E-state index >= 15 is 0 Å². The lowest BCUT2D eigenvalue weighted by Crippen LogP contribution is -2.46. The van der Waals surface area contributed by atoms with Gasteiger partial charge in [-0.1, -0.05) is 0 Å². The largest absolute Gasteiger partial charge is 0.373 e. The molecule has 0 aliphatic carbocycles. The molecule has 1 aromatic heterocycles. The van der Waals surface area contributed by atoms with Gasteiger partial charge >= 0.3 is 0 Å². The standard InChI is InChI=1S/C22H37N5O/c1-18-15-25(16-19(2)28-18)11-6-20-7-12-27(13-8-20)22-14-21(23-17-24-22)26-9-4-3-5-10-26/h14,17-20H,3-13,15-16H2,1-2H3. The summed E-state index contributed by atoms with van der Waals surface area (Å²) in [6.07, 6.45) is 10.3. The number of rotatable bonds is 5. The highest BCUT2D eigenvalue weighted by atomic mass is 16.5. The van der Waals surface area contributed by atoms with Crippen LogP contribution >= 0.6 is 0 Å². The molecule has 4 heterocycles. The molecule has 6 heteroatoms. The maximum absolute atomic E-state index is 5.86. The van der Waals surface area contributed by atoms with Gasteiger partial charge in [0.05, 0.1) is 12.2 Å². The zero-order valence-corrected chi connectivity index (χ0v) is 17.7. The molecule has 0 amide bonds. The molecule has 0 aromatic carbocycles. The van der Waals surface area contributed by atoms with Gasteiger partial charge in [0.15, 0.2) is 0 Å². The summed E-state index contributed by atoms with van der Waals surface area (Å²) in [5.74, 6) is 3.07. The van der Waals surface area contributed by atoms with Gasteiger partial charge in [-0.2, -0.15) is 0 Å². The van der Waals surface area contributed by atoms with E-state index in [1.165, 1.54) is 45.1 Å². The van der Waals surface area contributed by atoms with Crippen molar-refractivity contribution in [2.75, 3.05) is 55.6 Å². The van der Waals surface area contributed by atoms with Crippen LogP contribution in [-0.4, -0.2) is 72.9 Å². The first-order chi connectivity index (χ1) is 13.7. The van der Waals surface area contributed by atoms with Crippen molar-refractivity contribution < 1.29 is 4.74 Å². The lowest BCUT2D eigenvalue weighted by atomic mass is 9.93. The number of nitrogens with zero attached hydrogens (tertiary/aromatic N) is 5. The Bertz CT molecular complexity index is 603. The summed E-state index contributed by atoms with van der Waals surface area (Å²) in [5.41, 5.74) is 0. The van der Waals surface area contributed by atoms with E-state index in [1.807, 2.05) is 0 Å². The summed E-state index contributed by atoms with van der Waals surface area (Å²) in [5, 5.41) is 0. The molecule has 3 aliphatic rings. The average Bonchev–Trinajstić information content (AvgIpc) is 2.73. The van der Waals surface area contributed by atoms with Crippen molar-refractivity contribution >= 4 is 11.6 Å². The molecule has 3 saturated heterocycles. The second-order valence-corrected chi connectivity index (χ2v) is 9.02. The average molecular weight is 388 g/mol.